The molecule has 0 radical (unpaired) electrons. The fraction of sp³-hybridized carbons (Fsp3) is 0.267. The van der Waals surface area contributed by atoms with Gasteiger partial charge in [0.1, 0.15) is 11.6 Å². The van der Waals surface area contributed by atoms with E-state index in [1.807, 2.05) is 48.3 Å². The first kappa shape index (κ1) is 14.9. The molecule has 1 aromatic carbocycles. The molecule has 2 aromatic rings. The predicted molar refractivity (Wildman–Crippen MR) is 83.9 cm³/mol. The summed E-state index contributed by atoms with van der Waals surface area (Å²) in [6.45, 7) is 0.695. The van der Waals surface area contributed by atoms with E-state index in [1.54, 1.807) is 7.11 Å². The highest BCUT2D eigenvalue weighted by Crippen LogP contribution is 2.24. The van der Waals surface area contributed by atoms with Crippen molar-refractivity contribution in [2.24, 2.45) is 0 Å². The number of hydrogen-bond donors (Lipinski definition) is 0. The van der Waals surface area contributed by atoms with Gasteiger partial charge in [-0.05, 0) is 18.2 Å². The van der Waals surface area contributed by atoms with Crippen LogP contribution in [0.3, 0.4) is 0 Å². The summed E-state index contributed by atoms with van der Waals surface area (Å²) in [5.41, 5.74) is 1.79. The maximum Gasteiger partial charge on any atom is 0.129 e. The Morgan fingerprint density at radius 2 is 1.95 bits per heavy atom. The van der Waals surface area contributed by atoms with Crippen LogP contribution >= 0.6 is 23.2 Å². The maximum atomic E-state index is 6.02. The van der Waals surface area contributed by atoms with Gasteiger partial charge >= 0.3 is 0 Å². The van der Waals surface area contributed by atoms with Crippen molar-refractivity contribution in [2.45, 2.75) is 12.4 Å². The predicted octanol–water partition coefficient (Wildman–Crippen LogP) is 4.12. The van der Waals surface area contributed by atoms with Gasteiger partial charge in [0.25, 0.3) is 0 Å². The van der Waals surface area contributed by atoms with E-state index in [1.165, 1.54) is 0 Å². The molecule has 0 amide bonds. The van der Waals surface area contributed by atoms with Crippen LogP contribution in [0.5, 0.6) is 5.75 Å². The van der Waals surface area contributed by atoms with E-state index >= 15 is 0 Å². The fourth-order valence-corrected chi connectivity index (χ4v) is 2.39. The number of benzene rings is 1. The minimum Gasteiger partial charge on any atom is -0.496 e. The van der Waals surface area contributed by atoms with E-state index < -0.39 is 0 Å². The molecule has 0 N–H and O–H groups in total. The third-order valence-corrected chi connectivity index (χ3v) is 3.62. The Morgan fingerprint density at radius 1 is 1.20 bits per heavy atom. The summed E-state index contributed by atoms with van der Waals surface area (Å²) in [5.74, 6) is 2.00. The number of anilines is 1. The molecule has 0 bridgehead atoms. The van der Waals surface area contributed by atoms with Gasteiger partial charge in [-0.3, -0.25) is 0 Å². The third-order valence-electron chi connectivity index (χ3n) is 3.02. The molecule has 0 aliphatic rings. The summed E-state index contributed by atoms with van der Waals surface area (Å²) in [5, 5.41) is 0.592. The Kier molecular flexibility index (Phi) is 5.10. The van der Waals surface area contributed by atoms with Crippen LogP contribution in [0.15, 0.2) is 36.4 Å². The number of pyridine rings is 1. The molecule has 3 nitrogen and oxygen atoms in total. The van der Waals surface area contributed by atoms with Gasteiger partial charge in [-0.2, -0.15) is 0 Å². The molecule has 0 aliphatic heterocycles. The monoisotopic (exact) mass is 310 g/mol. The lowest BCUT2D eigenvalue weighted by Gasteiger charge is -2.20. The Hall–Kier alpha value is -1.45. The number of nitrogens with zero attached hydrogens (tertiary/aromatic N) is 2. The van der Waals surface area contributed by atoms with Crippen LogP contribution in [0.1, 0.15) is 11.3 Å². The molecule has 0 saturated carbocycles. The number of methoxy groups -OCH3 is 1. The van der Waals surface area contributed by atoms with Crippen LogP contribution in [0.25, 0.3) is 0 Å². The molecule has 2 rings (SSSR count). The minimum absolute atomic E-state index is 0.301. The number of aromatic nitrogens is 1. The first-order valence-electron chi connectivity index (χ1n) is 6.20. The summed E-state index contributed by atoms with van der Waals surface area (Å²) in [4.78, 5) is 6.50. The Bertz CT molecular complexity index is 590. The van der Waals surface area contributed by atoms with Crippen LogP contribution in [0, 0.1) is 0 Å². The summed E-state index contributed by atoms with van der Waals surface area (Å²) < 4.78 is 5.36. The molecule has 0 spiro atoms. The van der Waals surface area contributed by atoms with Crippen molar-refractivity contribution in [2.75, 3.05) is 19.1 Å². The number of alkyl halides is 1. The van der Waals surface area contributed by atoms with E-state index in [9.17, 15) is 0 Å². The molecule has 0 saturated heterocycles. The number of hydrogen-bond acceptors (Lipinski definition) is 3. The summed E-state index contributed by atoms with van der Waals surface area (Å²) in [6, 6.07) is 11.6. The van der Waals surface area contributed by atoms with Crippen molar-refractivity contribution in [1.82, 2.24) is 4.98 Å². The van der Waals surface area contributed by atoms with Crippen molar-refractivity contribution in [3.63, 3.8) is 0 Å². The molecule has 20 heavy (non-hydrogen) atoms. The summed E-state index contributed by atoms with van der Waals surface area (Å²) in [7, 11) is 3.64. The molecule has 0 fully saturated rings. The Balaban J connectivity index is 2.21. The first-order chi connectivity index (χ1) is 9.65. The van der Waals surface area contributed by atoms with Crippen LogP contribution in [-0.4, -0.2) is 19.1 Å². The van der Waals surface area contributed by atoms with Crippen LogP contribution in [-0.2, 0) is 12.4 Å². The van der Waals surface area contributed by atoms with Gasteiger partial charge < -0.3 is 9.64 Å². The number of ether oxygens (including phenoxy) is 1. The van der Waals surface area contributed by atoms with Gasteiger partial charge in [-0.25, -0.2) is 4.98 Å². The quantitative estimate of drug-likeness (QED) is 0.777. The van der Waals surface area contributed by atoms with Gasteiger partial charge in [-0.15, -0.1) is 11.6 Å². The van der Waals surface area contributed by atoms with Gasteiger partial charge in [0.05, 0.1) is 23.7 Å². The highest BCUT2D eigenvalue weighted by Gasteiger charge is 2.09. The number of rotatable bonds is 5. The summed E-state index contributed by atoms with van der Waals surface area (Å²) in [6.07, 6.45) is 0. The van der Waals surface area contributed by atoms with E-state index in [0.717, 1.165) is 17.1 Å². The third kappa shape index (κ3) is 3.35. The minimum atomic E-state index is 0.301. The fourth-order valence-electron chi connectivity index (χ4n) is 1.95. The second kappa shape index (κ2) is 6.82. The van der Waals surface area contributed by atoms with E-state index in [-0.39, 0.29) is 0 Å². The lowest BCUT2D eigenvalue weighted by atomic mass is 10.2. The highest BCUT2D eigenvalue weighted by molar-refractivity contribution is 6.32. The summed E-state index contributed by atoms with van der Waals surface area (Å²) >= 11 is 11.9. The molecular weight excluding hydrogens is 295 g/mol. The number of halogens is 2. The Labute approximate surface area is 129 Å². The standard InChI is InChI=1S/C15H16Cl2N2O/c1-19(10-11-5-3-4-6-14(11)20-2)15-8-7-12(17)13(9-16)18-15/h3-8H,9-10H2,1-2H3. The van der Waals surface area contributed by atoms with Crippen molar-refractivity contribution in [1.29, 1.82) is 0 Å². The SMILES string of the molecule is COc1ccccc1CN(C)c1ccc(Cl)c(CCl)n1. The van der Waals surface area contributed by atoms with Crippen molar-refractivity contribution < 1.29 is 4.74 Å². The van der Waals surface area contributed by atoms with Gasteiger partial charge in [0.15, 0.2) is 0 Å². The van der Waals surface area contributed by atoms with Gasteiger partial charge in [0.2, 0.25) is 0 Å². The molecule has 106 valence electrons. The second-order valence-electron chi connectivity index (χ2n) is 4.40. The largest absolute Gasteiger partial charge is 0.496 e. The Morgan fingerprint density at radius 3 is 2.65 bits per heavy atom. The van der Waals surface area contributed by atoms with Gasteiger partial charge in [0, 0.05) is 19.2 Å². The molecule has 1 aromatic heterocycles. The zero-order valence-corrected chi connectivity index (χ0v) is 12.9. The van der Waals surface area contributed by atoms with Gasteiger partial charge in [-0.1, -0.05) is 29.8 Å². The van der Waals surface area contributed by atoms with Crippen LogP contribution in [0.4, 0.5) is 5.82 Å². The van der Waals surface area contributed by atoms with Crippen LogP contribution < -0.4 is 9.64 Å². The smallest absolute Gasteiger partial charge is 0.129 e. The zero-order chi connectivity index (χ0) is 14.5. The molecule has 5 heteroatoms. The molecular formula is C15H16Cl2N2O. The van der Waals surface area contributed by atoms with Crippen molar-refractivity contribution in [3.8, 4) is 5.75 Å². The lowest BCUT2D eigenvalue weighted by molar-refractivity contribution is 0.409. The number of para-hydroxylation sites is 1. The molecule has 1 heterocycles. The average molecular weight is 311 g/mol. The van der Waals surface area contributed by atoms with E-state index in [2.05, 4.69) is 4.98 Å². The van der Waals surface area contributed by atoms with Crippen molar-refractivity contribution >= 4 is 29.0 Å². The average Bonchev–Trinajstić information content (AvgIpc) is 2.48. The van der Waals surface area contributed by atoms with Crippen LogP contribution in [0.2, 0.25) is 5.02 Å². The molecule has 0 atom stereocenters. The van der Waals surface area contributed by atoms with E-state index in [4.69, 9.17) is 27.9 Å². The maximum absolute atomic E-state index is 6.02. The molecule has 0 aliphatic carbocycles. The topological polar surface area (TPSA) is 25.4 Å². The normalized spacial score (nSPS) is 10.4. The highest BCUT2D eigenvalue weighted by atomic mass is 35.5. The first-order valence-corrected chi connectivity index (χ1v) is 7.11. The lowest BCUT2D eigenvalue weighted by Crippen LogP contribution is -2.18. The molecule has 0 unspecified atom stereocenters. The van der Waals surface area contributed by atoms with E-state index in [0.29, 0.717) is 23.1 Å². The van der Waals surface area contributed by atoms with Crippen molar-refractivity contribution in [3.05, 3.63) is 52.7 Å². The second-order valence-corrected chi connectivity index (χ2v) is 5.07. The zero-order valence-electron chi connectivity index (χ0n) is 11.4.